The van der Waals surface area contributed by atoms with E-state index in [2.05, 4.69) is 5.10 Å². The maximum atomic E-state index is 10.9. The van der Waals surface area contributed by atoms with Gasteiger partial charge in [0.1, 0.15) is 0 Å². The van der Waals surface area contributed by atoms with Gasteiger partial charge in [-0.2, -0.15) is 5.10 Å². The van der Waals surface area contributed by atoms with Gasteiger partial charge >= 0.3 is 5.97 Å². The number of benzene rings is 1. The number of aromatic carboxylic acids is 1. The summed E-state index contributed by atoms with van der Waals surface area (Å²) < 4.78 is 1.79. The van der Waals surface area contributed by atoms with Gasteiger partial charge in [-0.1, -0.05) is 6.07 Å². The first-order chi connectivity index (χ1) is 8.74. The molecule has 0 amide bonds. The quantitative estimate of drug-likeness (QED) is 0.880. The second-order valence-corrected chi connectivity index (χ2v) is 4.61. The van der Waals surface area contributed by atoms with E-state index in [9.17, 15) is 4.79 Å². The van der Waals surface area contributed by atoms with Crippen LogP contribution in [-0.4, -0.2) is 20.9 Å². The van der Waals surface area contributed by atoms with Crippen molar-refractivity contribution in [2.75, 3.05) is 0 Å². The van der Waals surface area contributed by atoms with Crippen LogP contribution in [0, 0.1) is 0 Å². The summed E-state index contributed by atoms with van der Waals surface area (Å²) in [7, 11) is 0. The van der Waals surface area contributed by atoms with E-state index in [4.69, 9.17) is 5.11 Å². The Morgan fingerprint density at radius 2 is 2.11 bits per heavy atom. The normalized spacial score (nSPS) is 14.2. The molecule has 0 fully saturated rings. The van der Waals surface area contributed by atoms with Crippen molar-refractivity contribution in [1.82, 2.24) is 9.78 Å². The van der Waals surface area contributed by atoms with Crippen molar-refractivity contribution in [3.8, 4) is 5.69 Å². The number of carboxylic acids is 1. The molecule has 92 valence electrons. The highest BCUT2D eigenvalue weighted by Gasteiger charge is 2.14. The second kappa shape index (κ2) is 4.29. The molecule has 1 aliphatic carbocycles. The van der Waals surface area contributed by atoms with Crippen LogP contribution in [-0.2, 0) is 12.8 Å². The van der Waals surface area contributed by atoms with Crippen molar-refractivity contribution in [3.05, 3.63) is 47.3 Å². The summed E-state index contributed by atoms with van der Waals surface area (Å²) >= 11 is 0. The minimum absolute atomic E-state index is 0.293. The fourth-order valence-electron chi connectivity index (χ4n) is 2.39. The lowest BCUT2D eigenvalue weighted by molar-refractivity contribution is 0.0697. The Morgan fingerprint density at radius 3 is 2.89 bits per heavy atom. The first-order valence-corrected chi connectivity index (χ1v) is 6.15. The van der Waals surface area contributed by atoms with E-state index < -0.39 is 5.97 Å². The van der Waals surface area contributed by atoms with E-state index >= 15 is 0 Å². The molecule has 2 aromatic rings. The average molecular weight is 242 g/mol. The van der Waals surface area contributed by atoms with Crippen LogP contribution in [0.3, 0.4) is 0 Å². The third-order valence-corrected chi connectivity index (χ3v) is 3.34. The Bertz CT molecular complexity index is 578. The van der Waals surface area contributed by atoms with Crippen LogP contribution >= 0.6 is 0 Å². The van der Waals surface area contributed by atoms with E-state index in [0.29, 0.717) is 5.56 Å². The largest absolute Gasteiger partial charge is 0.478 e. The molecule has 1 N–H and O–H groups in total. The van der Waals surface area contributed by atoms with Gasteiger partial charge in [0, 0.05) is 6.20 Å². The molecule has 18 heavy (non-hydrogen) atoms. The summed E-state index contributed by atoms with van der Waals surface area (Å²) in [6.07, 6.45) is 6.54. The number of carboxylic acid groups (broad SMARTS) is 1. The molecule has 1 aromatic carbocycles. The highest BCUT2D eigenvalue weighted by Crippen LogP contribution is 2.21. The van der Waals surface area contributed by atoms with Gasteiger partial charge in [-0.3, -0.25) is 0 Å². The lowest BCUT2D eigenvalue weighted by atomic mass is 9.99. The van der Waals surface area contributed by atoms with Gasteiger partial charge in [0.15, 0.2) is 0 Å². The number of aromatic nitrogens is 2. The zero-order valence-electron chi connectivity index (χ0n) is 9.97. The lowest BCUT2D eigenvalue weighted by Gasteiger charge is -2.06. The molecule has 0 saturated heterocycles. The fraction of sp³-hybridized carbons (Fsp3) is 0.286. The summed E-state index contributed by atoms with van der Waals surface area (Å²) in [5.41, 5.74) is 3.55. The number of rotatable bonds is 2. The topological polar surface area (TPSA) is 55.1 Å². The van der Waals surface area contributed by atoms with Crippen molar-refractivity contribution in [2.24, 2.45) is 0 Å². The SMILES string of the molecule is O=C(O)c1cccc(-n2cc3c(n2)CCCC3)c1. The van der Waals surface area contributed by atoms with Crippen LogP contribution in [0.1, 0.15) is 34.5 Å². The minimum atomic E-state index is -0.909. The highest BCUT2D eigenvalue weighted by atomic mass is 16.4. The molecule has 1 aliphatic rings. The smallest absolute Gasteiger partial charge is 0.335 e. The Hall–Kier alpha value is -2.10. The summed E-state index contributed by atoms with van der Waals surface area (Å²) in [5.74, 6) is -0.909. The highest BCUT2D eigenvalue weighted by molar-refractivity contribution is 5.88. The Morgan fingerprint density at radius 1 is 1.28 bits per heavy atom. The third kappa shape index (κ3) is 1.90. The van der Waals surface area contributed by atoms with Gasteiger partial charge < -0.3 is 5.11 Å². The molecular weight excluding hydrogens is 228 g/mol. The third-order valence-electron chi connectivity index (χ3n) is 3.34. The number of aryl methyl sites for hydroxylation is 2. The molecule has 0 atom stereocenters. The van der Waals surface area contributed by atoms with E-state index in [1.54, 1.807) is 22.9 Å². The second-order valence-electron chi connectivity index (χ2n) is 4.61. The van der Waals surface area contributed by atoms with E-state index in [-0.39, 0.29) is 0 Å². The summed E-state index contributed by atoms with van der Waals surface area (Å²) in [6.45, 7) is 0. The van der Waals surface area contributed by atoms with Crippen molar-refractivity contribution in [1.29, 1.82) is 0 Å². The molecule has 0 saturated carbocycles. The number of hydrogen-bond donors (Lipinski definition) is 1. The Labute approximate surface area is 105 Å². The van der Waals surface area contributed by atoms with Crippen LogP contribution in [0.25, 0.3) is 5.69 Å². The van der Waals surface area contributed by atoms with Crippen LogP contribution in [0.4, 0.5) is 0 Å². The van der Waals surface area contributed by atoms with Gasteiger partial charge in [0.2, 0.25) is 0 Å². The predicted molar refractivity (Wildman–Crippen MR) is 67.2 cm³/mol. The number of carbonyl (C=O) groups is 1. The minimum Gasteiger partial charge on any atom is -0.478 e. The van der Waals surface area contributed by atoms with Crippen LogP contribution in [0.5, 0.6) is 0 Å². The maximum absolute atomic E-state index is 10.9. The summed E-state index contributed by atoms with van der Waals surface area (Å²) in [5, 5.41) is 13.5. The van der Waals surface area contributed by atoms with Crippen LogP contribution in [0.2, 0.25) is 0 Å². The monoisotopic (exact) mass is 242 g/mol. The van der Waals surface area contributed by atoms with Crippen LogP contribution < -0.4 is 0 Å². The van der Waals surface area contributed by atoms with Crippen molar-refractivity contribution >= 4 is 5.97 Å². The molecule has 0 aliphatic heterocycles. The number of hydrogen-bond acceptors (Lipinski definition) is 2. The number of nitrogens with zero attached hydrogens (tertiary/aromatic N) is 2. The van der Waals surface area contributed by atoms with Crippen molar-refractivity contribution < 1.29 is 9.90 Å². The zero-order valence-corrected chi connectivity index (χ0v) is 9.97. The average Bonchev–Trinajstić information content (AvgIpc) is 2.82. The van der Waals surface area contributed by atoms with Gasteiger partial charge in [0.25, 0.3) is 0 Å². The molecule has 1 heterocycles. The van der Waals surface area contributed by atoms with E-state index in [1.165, 1.54) is 18.4 Å². The first-order valence-electron chi connectivity index (χ1n) is 6.15. The summed E-state index contributed by atoms with van der Waals surface area (Å²) in [6, 6.07) is 6.88. The molecule has 0 radical (unpaired) electrons. The molecule has 0 unspecified atom stereocenters. The van der Waals surface area contributed by atoms with E-state index in [1.807, 2.05) is 12.3 Å². The fourth-order valence-corrected chi connectivity index (χ4v) is 2.39. The molecule has 1 aromatic heterocycles. The molecule has 0 bridgehead atoms. The molecule has 3 rings (SSSR count). The van der Waals surface area contributed by atoms with Crippen molar-refractivity contribution in [3.63, 3.8) is 0 Å². The molecular formula is C14H14N2O2. The standard InChI is InChI=1S/C14H14N2O2/c17-14(18)10-5-3-6-12(8-10)16-9-11-4-1-2-7-13(11)15-16/h3,5-6,8-9H,1-2,4,7H2,(H,17,18). The summed E-state index contributed by atoms with van der Waals surface area (Å²) in [4.78, 5) is 10.9. The Balaban J connectivity index is 2.01. The molecule has 0 spiro atoms. The maximum Gasteiger partial charge on any atom is 0.335 e. The van der Waals surface area contributed by atoms with Gasteiger partial charge in [-0.25, -0.2) is 9.48 Å². The van der Waals surface area contributed by atoms with Gasteiger partial charge in [0.05, 0.1) is 16.9 Å². The van der Waals surface area contributed by atoms with Crippen molar-refractivity contribution in [2.45, 2.75) is 25.7 Å². The first kappa shape index (κ1) is 11.0. The zero-order chi connectivity index (χ0) is 12.5. The predicted octanol–water partition coefficient (Wildman–Crippen LogP) is 2.45. The lowest BCUT2D eigenvalue weighted by Crippen LogP contribution is -2.01. The molecule has 4 nitrogen and oxygen atoms in total. The molecule has 4 heteroatoms. The number of fused-ring (bicyclic) bond motifs is 1. The van der Waals surface area contributed by atoms with Gasteiger partial charge in [-0.15, -0.1) is 0 Å². The van der Waals surface area contributed by atoms with E-state index in [0.717, 1.165) is 24.2 Å². The van der Waals surface area contributed by atoms with Crippen LogP contribution in [0.15, 0.2) is 30.5 Å². The van der Waals surface area contributed by atoms with Gasteiger partial charge in [-0.05, 0) is 49.4 Å². The Kier molecular flexibility index (Phi) is 2.63.